The summed E-state index contributed by atoms with van der Waals surface area (Å²) in [6.07, 6.45) is 8.63. The van der Waals surface area contributed by atoms with Gasteiger partial charge >= 0.3 is 0 Å². The van der Waals surface area contributed by atoms with Crippen LogP contribution in [-0.2, 0) is 0 Å². The Balaban J connectivity index is 1.87. The number of nitrogens with zero attached hydrogens (tertiary/aromatic N) is 2. The Kier molecular flexibility index (Phi) is 4.10. The molecule has 1 saturated carbocycles. The number of hydrogen-bond acceptors (Lipinski definition) is 2. The minimum Gasteiger partial charge on any atom is -0.353 e. The zero-order valence-electron chi connectivity index (χ0n) is 11.8. The number of imidazole rings is 1. The van der Waals surface area contributed by atoms with Crippen molar-refractivity contribution in [3.63, 3.8) is 0 Å². The molecule has 106 valence electrons. The molecule has 4 heteroatoms. The molecule has 0 amide bonds. The maximum absolute atomic E-state index is 4.65. The number of halogens is 1. The highest BCUT2D eigenvalue weighted by atomic mass is 79.9. The van der Waals surface area contributed by atoms with Gasteiger partial charge in [0.25, 0.3) is 0 Å². The second-order valence-corrected chi connectivity index (χ2v) is 6.45. The Hall–Kier alpha value is -1.29. The first-order valence-electron chi connectivity index (χ1n) is 7.31. The van der Waals surface area contributed by atoms with E-state index in [0.717, 1.165) is 21.8 Å². The van der Waals surface area contributed by atoms with E-state index in [2.05, 4.69) is 55.2 Å². The molecule has 20 heavy (non-hydrogen) atoms. The smallest absolute Gasteiger partial charge is 0.207 e. The number of rotatable bonds is 3. The van der Waals surface area contributed by atoms with Gasteiger partial charge in [-0.05, 0) is 38.0 Å². The van der Waals surface area contributed by atoms with E-state index in [9.17, 15) is 0 Å². The molecule has 1 aliphatic rings. The summed E-state index contributed by atoms with van der Waals surface area (Å²) in [6, 6.07) is 8.89. The van der Waals surface area contributed by atoms with Crippen molar-refractivity contribution in [1.29, 1.82) is 0 Å². The van der Waals surface area contributed by atoms with Crippen LogP contribution in [0.2, 0.25) is 0 Å². The van der Waals surface area contributed by atoms with E-state index in [4.69, 9.17) is 0 Å². The topological polar surface area (TPSA) is 29.9 Å². The third-order valence-corrected chi connectivity index (χ3v) is 4.34. The van der Waals surface area contributed by atoms with Crippen LogP contribution in [0.25, 0.3) is 5.69 Å². The SMILES string of the molecule is Cc1cn(-c2cccc(Br)c2)c(NC2CCCCC2)n1. The molecule has 1 fully saturated rings. The lowest BCUT2D eigenvalue weighted by Gasteiger charge is -2.23. The van der Waals surface area contributed by atoms with Crippen molar-refractivity contribution in [2.24, 2.45) is 0 Å². The van der Waals surface area contributed by atoms with Gasteiger partial charge in [0.1, 0.15) is 0 Å². The van der Waals surface area contributed by atoms with Gasteiger partial charge in [0.15, 0.2) is 0 Å². The van der Waals surface area contributed by atoms with Crippen LogP contribution >= 0.6 is 15.9 Å². The van der Waals surface area contributed by atoms with Crippen molar-refractivity contribution in [3.8, 4) is 5.69 Å². The van der Waals surface area contributed by atoms with Crippen LogP contribution in [0.4, 0.5) is 5.95 Å². The van der Waals surface area contributed by atoms with Gasteiger partial charge < -0.3 is 5.32 Å². The molecule has 0 spiro atoms. The van der Waals surface area contributed by atoms with Gasteiger partial charge in [0.2, 0.25) is 5.95 Å². The lowest BCUT2D eigenvalue weighted by molar-refractivity contribution is 0.460. The molecule has 1 aliphatic carbocycles. The minimum atomic E-state index is 0.566. The fraction of sp³-hybridized carbons (Fsp3) is 0.438. The summed E-state index contributed by atoms with van der Waals surface area (Å²) in [5.41, 5.74) is 2.18. The van der Waals surface area contributed by atoms with Gasteiger partial charge in [0.05, 0.1) is 5.69 Å². The van der Waals surface area contributed by atoms with Crippen LogP contribution in [0.1, 0.15) is 37.8 Å². The summed E-state index contributed by atoms with van der Waals surface area (Å²) in [4.78, 5) is 4.65. The van der Waals surface area contributed by atoms with Crippen molar-refractivity contribution in [2.75, 3.05) is 5.32 Å². The van der Waals surface area contributed by atoms with Crippen LogP contribution in [0.5, 0.6) is 0 Å². The number of aromatic nitrogens is 2. The first-order valence-corrected chi connectivity index (χ1v) is 8.10. The van der Waals surface area contributed by atoms with E-state index in [0.29, 0.717) is 6.04 Å². The van der Waals surface area contributed by atoms with Crippen LogP contribution in [0.3, 0.4) is 0 Å². The molecule has 1 aromatic carbocycles. The maximum atomic E-state index is 4.65. The van der Waals surface area contributed by atoms with Crippen molar-refractivity contribution in [2.45, 2.75) is 45.1 Å². The van der Waals surface area contributed by atoms with E-state index in [1.165, 1.54) is 32.1 Å². The quantitative estimate of drug-likeness (QED) is 0.883. The molecule has 3 nitrogen and oxygen atoms in total. The summed E-state index contributed by atoms with van der Waals surface area (Å²) in [6.45, 7) is 2.04. The molecule has 1 heterocycles. The molecule has 0 unspecified atom stereocenters. The summed E-state index contributed by atoms with van der Waals surface area (Å²) in [7, 11) is 0. The van der Waals surface area contributed by atoms with Gasteiger partial charge in [-0.15, -0.1) is 0 Å². The van der Waals surface area contributed by atoms with Crippen molar-refractivity contribution in [1.82, 2.24) is 9.55 Å². The predicted octanol–water partition coefficient (Wildman–Crippen LogP) is 4.69. The minimum absolute atomic E-state index is 0.566. The molecule has 0 aliphatic heterocycles. The average molecular weight is 334 g/mol. The molecule has 1 N–H and O–H groups in total. The summed E-state index contributed by atoms with van der Waals surface area (Å²) < 4.78 is 3.24. The first-order chi connectivity index (χ1) is 9.72. The van der Waals surface area contributed by atoms with Gasteiger partial charge in [-0.25, -0.2) is 4.98 Å². The Morgan fingerprint density at radius 1 is 1.25 bits per heavy atom. The van der Waals surface area contributed by atoms with Gasteiger partial charge in [-0.1, -0.05) is 41.3 Å². The Morgan fingerprint density at radius 2 is 2.05 bits per heavy atom. The second kappa shape index (κ2) is 6.00. The molecule has 0 atom stereocenters. The second-order valence-electron chi connectivity index (χ2n) is 5.54. The lowest BCUT2D eigenvalue weighted by atomic mass is 9.96. The predicted molar refractivity (Wildman–Crippen MR) is 86.5 cm³/mol. The average Bonchev–Trinajstić information content (AvgIpc) is 2.81. The molecule has 0 bridgehead atoms. The van der Waals surface area contributed by atoms with Gasteiger partial charge in [0, 0.05) is 22.4 Å². The summed E-state index contributed by atoms with van der Waals surface area (Å²) >= 11 is 3.54. The van der Waals surface area contributed by atoms with E-state index in [1.54, 1.807) is 0 Å². The highest BCUT2D eigenvalue weighted by Gasteiger charge is 2.16. The first kappa shape index (κ1) is 13.7. The van der Waals surface area contributed by atoms with E-state index in [1.807, 2.05) is 13.0 Å². The number of nitrogens with one attached hydrogen (secondary N) is 1. The normalized spacial score (nSPS) is 16.3. The molecule has 3 rings (SSSR count). The monoisotopic (exact) mass is 333 g/mol. The van der Waals surface area contributed by atoms with Crippen LogP contribution in [-0.4, -0.2) is 15.6 Å². The van der Waals surface area contributed by atoms with E-state index in [-0.39, 0.29) is 0 Å². The molecular weight excluding hydrogens is 314 g/mol. The van der Waals surface area contributed by atoms with Crippen LogP contribution in [0, 0.1) is 6.92 Å². The number of anilines is 1. The van der Waals surface area contributed by atoms with Crippen molar-refractivity contribution in [3.05, 3.63) is 40.6 Å². The number of benzene rings is 1. The highest BCUT2D eigenvalue weighted by molar-refractivity contribution is 9.10. The lowest BCUT2D eigenvalue weighted by Crippen LogP contribution is -2.24. The Bertz CT molecular complexity index is 585. The zero-order chi connectivity index (χ0) is 13.9. The van der Waals surface area contributed by atoms with Gasteiger partial charge in [-0.3, -0.25) is 4.57 Å². The Morgan fingerprint density at radius 3 is 2.80 bits per heavy atom. The van der Waals surface area contributed by atoms with Crippen LogP contribution in [0.15, 0.2) is 34.9 Å². The standard InChI is InChI=1S/C16H20BrN3/c1-12-11-20(15-9-5-6-13(17)10-15)16(18-12)19-14-7-3-2-4-8-14/h5-6,9-11,14H,2-4,7-8H2,1H3,(H,18,19). The van der Waals surface area contributed by atoms with E-state index >= 15 is 0 Å². The molecule has 0 radical (unpaired) electrons. The van der Waals surface area contributed by atoms with Crippen molar-refractivity contribution >= 4 is 21.9 Å². The van der Waals surface area contributed by atoms with Crippen molar-refractivity contribution < 1.29 is 0 Å². The number of aryl methyl sites for hydroxylation is 1. The summed E-state index contributed by atoms with van der Waals surface area (Å²) in [5, 5.41) is 3.62. The molecule has 0 saturated heterocycles. The molecular formula is C16H20BrN3. The maximum Gasteiger partial charge on any atom is 0.207 e. The fourth-order valence-electron chi connectivity index (χ4n) is 2.85. The van der Waals surface area contributed by atoms with E-state index < -0.39 is 0 Å². The fourth-order valence-corrected chi connectivity index (χ4v) is 3.24. The molecule has 1 aromatic heterocycles. The largest absolute Gasteiger partial charge is 0.353 e. The Labute approximate surface area is 128 Å². The molecule has 2 aromatic rings. The third-order valence-electron chi connectivity index (χ3n) is 3.85. The van der Waals surface area contributed by atoms with Crippen LogP contribution < -0.4 is 5.32 Å². The zero-order valence-corrected chi connectivity index (χ0v) is 13.4. The number of hydrogen-bond donors (Lipinski definition) is 1. The highest BCUT2D eigenvalue weighted by Crippen LogP contribution is 2.24. The summed E-state index contributed by atoms with van der Waals surface area (Å²) in [5.74, 6) is 0.965. The third kappa shape index (κ3) is 3.06. The van der Waals surface area contributed by atoms with Gasteiger partial charge in [-0.2, -0.15) is 0 Å².